The summed E-state index contributed by atoms with van der Waals surface area (Å²) in [4.78, 5) is 14.7. The monoisotopic (exact) mass is 759 g/mol. The van der Waals surface area contributed by atoms with Crippen LogP contribution in [0.5, 0.6) is 5.75 Å². The molecule has 0 fully saturated rings. The van der Waals surface area contributed by atoms with E-state index in [2.05, 4.69) is 176 Å². The zero-order chi connectivity index (χ0) is 38.4. The fourth-order valence-electron chi connectivity index (χ4n) is 7.89. The molecule has 0 saturated carbocycles. The third kappa shape index (κ3) is 7.76. The largest absolute Gasteiger partial charge is 0.494 e. The molecule has 2 aliphatic rings. The van der Waals surface area contributed by atoms with Gasteiger partial charge < -0.3 is 9.72 Å². The highest BCUT2D eigenvalue weighted by Crippen LogP contribution is 2.41. The molecule has 1 N–H and O–H groups in total. The van der Waals surface area contributed by atoms with E-state index in [1.165, 1.54) is 32.1 Å². The number of hydrogen-bond donors (Lipinski definition) is 1. The van der Waals surface area contributed by atoms with Gasteiger partial charge in [-0.2, -0.15) is 0 Å². The van der Waals surface area contributed by atoms with Crippen LogP contribution in [-0.2, 0) is 0 Å². The highest BCUT2D eigenvalue weighted by atomic mass is 32.1. The van der Waals surface area contributed by atoms with Crippen molar-refractivity contribution in [3.05, 3.63) is 162 Å². The molecule has 8 bridgehead atoms. The number of ether oxygens (including phenoxy) is 1. The number of H-pyrrole nitrogens is 1. The Balaban J connectivity index is 1.28. The molecule has 7 aromatic rings. The molecule has 2 aliphatic heterocycles. The fraction of sp³-hybridized carbons (Fsp3) is 0.154. The summed E-state index contributed by atoms with van der Waals surface area (Å²) in [6, 6.07) is 49.2. The minimum atomic E-state index is 0.739. The molecule has 5 heteroatoms. The van der Waals surface area contributed by atoms with Crippen LogP contribution in [0.15, 0.2) is 140 Å². The molecule has 0 aliphatic carbocycles. The minimum Gasteiger partial charge on any atom is -0.494 e. The first-order valence-corrected chi connectivity index (χ1v) is 21.0. The summed E-state index contributed by atoms with van der Waals surface area (Å²) in [5, 5.41) is 0. The summed E-state index contributed by atoms with van der Waals surface area (Å²) in [5.74, 6) is 0.899. The molecule has 0 saturated heterocycles. The van der Waals surface area contributed by atoms with Crippen molar-refractivity contribution in [2.45, 2.75) is 45.4 Å². The van der Waals surface area contributed by atoms with Gasteiger partial charge in [-0.15, -0.1) is 11.3 Å². The Kier molecular flexibility index (Phi) is 10.7. The summed E-state index contributed by atoms with van der Waals surface area (Å²) < 4.78 is 8.51. The van der Waals surface area contributed by atoms with E-state index in [1.807, 2.05) is 0 Å². The molecule has 4 aromatic carbocycles. The van der Waals surface area contributed by atoms with Crippen LogP contribution in [0.3, 0.4) is 0 Å². The van der Waals surface area contributed by atoms with Gasteiger partial charge in [-0.3, -0.25) is 0 Å². The van der Waals surface area contributed by atoms with Gasteiger partial charge in [0.25, 0.3) is 0 Å². The number of aromatic nitrogens is 3. The van der Waals surface area contributed by atoms with E-state index in [0.717, 1.165) is 106 Å². The molecule has 0 spiro atoms. The second-order valence-electron chi connectivity index (χ2n) is 14.6. The Morgan fingerprint density at radius 2 is 0.860 bits per heavy atom. The normalized spacial score (nSPS) is 11.9. The van der Waals surface area contributed by atoms with Crippen molar-refractivity contribution in [1.82, 2.24) is 15.0 Å². The van der Waals surface area contributed by atoms with E-state index >= 15 is 0 Å². The molecule has 5 heterocycles. The van der Waals surface area contributed by atoms with Crippen molar-refractivity contribution in [2.24, 2.45) is 0 Å². The van der Waals surface area contributed by atoms with Crippen molar-refractivity contribution in [3.63, 3.8) is 0 Å². The first kappa shape index (κ1) is 36.3. The van der Waals surface area contributed by atoms with Gasteiger partial charge in [0.15, 0.2) is 0 Å². The smallest absolute Gasteiger partial charge is 0.119 e. The number of unbranched alkanes of at least 4 members (excludes halogenated alkanes) is 5. The van der Waals surface area contributed by atoms with Crippen LogP contribution in [0.1, 0.15) is 68.2 Å². The molecule has 0 unspecified atom stereocenters. The Morgan fingerprint density at radius 1 is 0.439 bits per heavy atom. The number of thiophene rings is 1. The van der Waals surface area contributed by atoms with Gasteiger partial charge in [0.05, 0.1) is 29.4 Å². The van der Waals surface area contributed by atoms with Crippen LogP contribution < -0.4 is 4.74 Å². The number of aromatic amines is 1. The zero-order valence-electron chi connectivity index (χ0n) is 32.2. The summed E-state index contributed by atoms with van der Waals surface area (Å²) in [5.41, 5.74) is 14.4. The lowest BCUT2D eigenvalue weighted by Gasteiger charge is -2.09. The first-order valence-electron chi connectivity index (χ1n) is 20.2. The molecule has 9 rings (SSSR count). The van der Waals surface area contributed by atoms with Gasteiger partial charge >= 0.3 is 0 Å². The average Bonchev–Trinajstić information content (AvgIpc) is 4.11. The van der Waals surface area contributed by atoms with Crippen LogP contribution in [0.25, 0.3) is 89.2 Å². The predicted octanol–water partition coefficient (Wildman–Crippen LogP) is 14.8. The van der Waals surface area contributed by atoms with Crippen molar-refractivity contribution in [2.75, 3.05) is 6.61 Å². The molecular formula is C52H45N3OS. The van der Waals surface area contributed by atoms with E-state index in [9.17, 15) is 0 Å². The van der Waals surface area contributed by atoms with Crippen molar-refractivity contribution < 1.29 is 4.74 Å². The molecular weight excluding hydrogens is 715 g/mol. The third-order valence-corrected chi connectivity index (χ3v) is 11.8. The number of benzene rings is 4. The third-order valence-electron chi connectivity index (χ3n) is 10.7. The molecule has 4 nitrogen and oxygen atoms in total. The number of fused-ring (bicyclic) bond motifs is 8. The zero-order valence-corrected chi connectivity index (χ0v) is 33.1. The van der Waals surface area contributed by atoms with Crippen LogP contribution in [0, 0.1) is 0 Å². The molecule has 0 radical (unpaired) electrons. The minimum absolute atomic E-state index is 0.739. The topological polar surface area (TPSA) is 50.8 Å². The average molecular weight is 760 g/mol. The van der Waals surface area contributed by atoms with E-state index in [-0.39, 0.29) is 0 Å². The van der Waals surface area contributed by atoms with Crippen molar-refractivity contribution >= 4 is 56.1 Å². The summed E-state index contributed by atoms with van der Waals surface area (Å²) in [6.07, 6.45) is 16.1. The maximum absolute atomic E-state index is 6.22. The van der Waals surface area contributed by atoms with Gasteiger partial charge in [-0.05, 0) is 89.4 Å². The van der Waals surface area contributed by atoms with Crippen LogP contribution >= 0.6 is 11.3 Å². The van der Waals surface area contributed by atoms with E-state index in [0.29, 0.717) is 0 Å². The Bertz CT molecular complexity index is 2690. The summed E-state index contributed by atoms with van der Waals surface area (Å²) >= 11 is 1.78. The first-order chi connectivity index (χ1) is 28.2. The highest BCUT2D eigenvalue weighted by molar-refractivity contribution is 7.24. The maximum Gasteiger partial charge on any atom is 0.119 e. The molecule has 57 heavy (non-hydrogen) atoms. The SMILES string of the molecule is CCCCCCCCOc1ccc(-c2c3nc(c(-c4ccccc4)c4ccc([nH]4)c(-c4ccccc4)c4nc(c(-c5ccccc5)c5ccc2s5)C=C4)C=C3)cc1. The van der Waals surface area contributed by atoms with Gasteiger partial charge in [-0.1, -0.05) is 142 Å². The standard InChI is InChI=1S/C52H45N3OS/c1-2-3-4-5-6-16-35-56-40-25-23-39(24-26-40)52-46-32-30-44(55-46)50(37-19-12-8-13-20-37)42-28-27-41(53-42)49(36-17-10-7-11-18-36)43-29-31-45(54-43)51(38-21-14-9-15-22-38)47-33-34-48(52)57-47/h7-15,17-34,53H,2-6,16,35H2,1H3. The summed E-state index contributed by atoms with van der Waals surface area (Å²) in [7, 11) is 0. The fourth-order valence-corrected chi connectivity index (χ4v) is 9.05. The van der Waals surface area contributed by atoms with Gasteiger partial charge in [-0.25, -0.2) is 9.97 Å². The van der Waals surface area contributed by atoms with Crippen molar-refractivity contribution in [1.29, 1.82) is 0 Å². The molecule has 0 amide bonds. The van der Waals surface area contributed by atoms with E-state index in [1.54, 1.807) is 11.3 Å². The van der Waals surface area contributed by atoms with Crippen LogP contribution in [0.2, 0.25) is 0 Å². The lowest BCUT2D eigenvalue weighted by Crippen LogP contribution is -1.97. The van der Waals surface area contributed by atoms with Gasteiger partial charge in [0.1, 0.15) is 5.75 Å². The highest BCUT2D eigenvalue weighted by Gasteiger charge is 2.19. The Hall–Kier alpha value is -6.30. The van der Waals surface area contributed by atoms with Gasteiger partial charge in [0, 0.05) is 42.7 Å². The number of hydrogen-bond acceptors (Lipinski definition) is 4. The quantitative estimate of drug-likeness (QED) is 0.126. The number of nitrogens with zero attached hydrogens (tertiary/aromatic N) is 2. The number of rotatable bonds is 12. The lowest BCUT2D eigenvalue weighted by atomic mass is 10.0. The Labute approximate surface area is 338 Å². The molecule has 280 valence electrons. The Morgan fingerprint density at radius 3 is 1.35 bits per heavy atom. The van der Waals surface area contributed by atoms with Gasteiger partial charge in [0.2, 0.25) is 0 Å². The summed E-state index contributed by atoms with van der Waals surface area (Å²) in [6.45, 7) is 3.00. The number of nitrogens with one attached hydrogen (secondary N) is 1. The van der Waals surface area contributed by atoms with Crippen LogP contribution in [0.4, 0.5) is 0 Å². The predicted molar refractivity (Wildman–Crippen MR) is 243 cm³/mol. The van der Waals surface area contributed by atoms with Crippen molar-refractivity contribution in [3.8, 4) is 50.3 Å². The maximum atomic E-state index is 6.22. The van der Waals surface area contributed by atoms with E-state index < -0.39 is 0 Å². The van der Waals surface area contributed by atoms with E-state index in [4.69, 9.17) is 14.7 Å². The lowest BCUT2D eigenvalue weighted by molar-refractivity contribution is 0.304. The second-order valence-corrected chi connectivity index (χ2v) is 15.7. The second kappa shape index (κ2) is 16.8. The van der Waals surface area contributed by atoms with Crippen LogP contribution in [-0.4, -0.2) is 21.6 Å². The molecule has 3 aromatic heterocycles. The molecule has 0 atom stereocenters.